The number of carbonyl (C=O) groups is 3. The van der Waals surface area contributed by atoms with Gasteiger partial charge in [0.2, 0.25) is 11.8 Å². The van der Waals surface area contributed by atoms with Crippen molar-refractivity contribution in [2.45, 2.75) is 57.0 Å². The average Bonchev–Trinajstić information content (AvgIpc) is 2.95. The van der Waals surface area contributed by atoms with E-state index in [2.05, 4.69) is 0 Å². The van der Waals surface area contributed by atoms with Gasteiger partial charge in [0.1, 0.15) is 24.2 Å². The molecule has 4 aliphatic heterocycles. The second kappa shape index (κ2) is 6.67. The van der Waals surface area contributed by atoms with Gasteiger partial charge < -0.3 is 24.4 Å². The van der Waals surface area contributed by atoms with E-state index in [1.807, 2.05) is 26.8 Å². The molecule has 0 aromatic rings. The normalized spacial score (nSPS) is 37.6. The molecule has 0 radical (unpaired) electrons. The molecule has 1 unspecified atom stereocenters. The van der Waals surface area contributed by atoms with Crippen molar-refractivity contribution in [3.8, 4) is 0 Å². The van der Waals surface area contributed by atoms with E-state index in [4.69, 9.17) is 9.47 Å². The lowest BCUT2D eigenvalue weighted by atomic mass is 9.78. The highest BCUT2D eigenvalue weighted by Crippen LogP contribution is 2.53. The maximum atomic E-state index is 13.7. The lowest BCUT2D eigenvalue weighted by Gasteiger charge is -2.41. The maximum Gasteiger partial charge on any atom is 0.313 e. The molecule has 0 bridgehead atoms. The first-order chi connectivity index (χ1) is 13.6. The van der Waals surface area contributed by atoms with Crippen LogP contribution in [-0.4, -0.2) is 81.8 Å². The molecule has 0 aliphatic carbocycles. The Kier molecular flexibility index (Phi) is 4.62. The molecule has 2 amide bonds. The first-order valence-electron chi connectivity index (χ1n) is 10.1. The van der Waals surface area contributed by atoms with E-state index in [9.17, 15) is 19.5 Å². The van der Waals surface area contributed by atoms with Gasteiger partial charge in [0.15, 0.2) is 0 Å². The summed E-state index contributed by atoms with van der Waals surface area (Å²) in [5, 5.41) is 9.80. The molecule has 0 saturated carbocycles. The monoisotopic (exact) mass is 404 g/mol. The summed E-state index contributed by atoms with van der Waals surface area (Å²) in [5.74, 6) is -2.79. The Hall–Kier alpha value is -2.19. The van der Waals surface area contributed by atoms with Gasteiger partial charge in [-0.1, -0.05) is 18.2 Å². The van der Waals surface area contributed by atoms with Crippen molar-refractivity contribution in [3.63, 3.8) is 0 Å². The number of aliphatic hydroxyl groups excluding tert-OH is 1. The van der Waals surface area contributed by atoms with E-state index in [-0.39, 0.29) is 25.0 Å². The summed E-state index contributed by atoms with van der Waals surface area (Å²) in [6.07, 6.45) is 6.45. The highest BCUT2D eigenvalue weighted by Gasteiger charge is 2.72. The predicted octanol–water partition coefficient (Wildman–Crippen LogP) is 0.258. The number of fused-ring (bicyclic) bond motifs is 2. The second-order valence-electron chi connectivity index (χ2n) is 9.20. The van der Waals surface area contributed by atoms with Crippen molar-refractivity contribution in [3.05, 3.63) is 24.3 Å². The zero-order valence-electron chi connectivity index (χ0n) is 17.2. The largest absolute Gasteiger partial charge is 0.461 e. The van der Waals surface area contributed by atoms with Gasteiger partial charge in [-0.15, -0.1) is 0 Å². The van der Waals surface area contributed by atoms with Crippen LogP contribution < -0.4 is 0 Å². The average molecular weight is 404 g/mol. The summed E-state index contributed by atoms with van der Waals surface area (Å²) >= 11 is 0. The van der Waals surface area contributed by atoms with Crippen LogP contribution in [0.5, 0.6) is 0 Å². The van der Waals surface area contributed by atoms with Crippen LogP contribution in [0.3, 0.4) is 0 Å². The fourth-order valence-corrected chi connectivity index (χ4v) is 5.07. The zero-order valence-corrected chi connectivity index (χ0v) is 17.2. The first kappa shape index (κ1) is 20.1. The minimum absolute atomic E-state index is 0.135. The van der Waals surface area contributed by atoms with Gasteiger partial charge in [0, 0.05) is 12.1 Å². The number of rotatable bonds is 2. The summed E-state index contributed by atoms with van der Waals surface area (Å²) in [6, 6.07) is -1.54. The van der Waals surface area contributed by atoms with Crippen LogP contribution in [0.1, 0.15) is 27.7 Å². The Morgan fingerprint density at radius 2 is 1.97 bits per heavy atom. The number of hydrogen-bond acceptors (Lipinski definition) is 6. The standard InChI is InChI=1S/C21H28N2O6/c1-12(11-24)23-16-18(26)22(20(2,3)4)9-6-8-21(16)15(17(23)25)14-13(29-21)7-5-10-28-19(14)27/h5-8,12-16,24H,9-11H2,1-4H3/t12-,13-,14+,15+,16?,21+/m1/s1. The van der Waals surface area contributed by atoms with Crippen LogP contribution in [0, 0.1) is 11.8 Å². The number of carbonyl (C=O) groups excluding carboxylic acids is 3. The number of cyclic esters (lactones) is 1. The minimum atomic E-state index is -1.27. The van der Waals surface area contributed by atoms with Crippen LogP contribution in [0.15, 0.2) is 24.3 Å². The number of aliphatic hydroxyl groups is 1. The Labute approximate surface area is 170 Å². The minimum Gasteiger partial charge on any atom is -0.461 e. The SMILES string of the molecule is C[C@H](CO)N1C(=O)[C@@H]2[C@H]3C(=O)OCC=C[C@H]3O[C@@]23C=CCN(C(C)(C)C)C(=O)C13. The fourth-order valence-electron chi connectivity index (χ4n) is 5.07. The molecule has 8 heteroatoms. The Balaban J connectivity index is 1.88. The molecule has 29 heavy (non-hydrogen) atoms. The fraction of sp³-hybridized carbons (Fsp3) is 0.667. The van der Waals surface area contributed by atoms with E-state index in [1.165, 1.54) is 4.90 Å². The topological polar surface area (TPSA) is 96.4 Å². The molecule has 0 aromatic heterocycles. The van der Waals surface area contributed by atoms with Crippen LogP contribution in [0.4, 0.5) is 0 Å². The lowest BCUT2D eigenvalue weighted by Crippen LogP contribution is -2.60. The molecule has 4 heterocycles. The maximum absolute atomic E-state index is 13.7. The molecule has 4 aliphatic rings. The van der Waals surface area contributed by atoms with Gasteiger partial charge in [0.05, 0.1) is 24.7 Å². The molecular formula is C21H28N2O6. The number of esters is 1. The van der Waals surface area contributed by atoms with Gasteiger partial charge in [-0.05, 0) is 33.8 Å². The third-order valence-electron chi connectivity index (χ3n) is 6.40. The molecule has 158 valence electrons. The third-order valence-corrected chi connectivity index (χ3v) is 6.40. The quantitative estimate of drug-likeness (QED) is 0.524. The van der Waals surface area contributed by atoms with Crippen molar-refractivity contribution < 1.29 is 29.0 Å². The van der Waals surface area contributed by atoms with Crippen LogP contribution in [0.25, 0.3) is 0 Å². The Morgan fingerprint density at radius 3 is 2.62 bits per heavy atom. The van der Waals surface area contributed by atoms with Gasteiger partial charge in [-0.3, -0.25) is 14.4 Å². The van der Waals surface area contributed by atoms with Gasteiger partial charge in [0.25, 0.3) is 0 Å². The lowest BCUT2D eigenvalue weighted by molar-refractivity contribution is -0.155. The number of hydrogen-bond donors (Lipinski definition) is 1. The van der Waals surface area contributed by atoms with Gasteiger partial charge in [-0.25, -0.2) is 0 Å². The van der Waals surface area contributed by atoms with E-state index in [0.717, 1.165) is 0 Å². The summed E-state index contributed by atoms with van der Waals surface area (Å²) in [4.78, 5) is 43.1. The third kappa shape index (κ3) is 2.76. The molecule has 1 N–H and O–H groups in total. The smallest absolute Gasteiger partial charge is 0.313 e. The summed E-state index contributed by atoms with van der Waals surface area (Å²) in [7, 11) is 0. The second-order valence-corrected chi connectivity index (χ2v) is 9.20. The molecule has 0 aromatic carbocycles. The van der Waals surface area contributed by atoms with Crippen LogP contribution >= 0.6 is 0 Å². The molecule has 1 spiro atoms. The van der Waals surface area contributed by atoms with Crippen molar-refractivity contribution >= 4 is 17.8 Å². The molecule has 6 atom stereocenters. The summed E-state index contributed by atoms with van der Waals surface area (Å²) < 4.78 is 11.6. The molecular weight excluding hydrogens is 376 g/mol. The van der Waals surface area contributed by atoms with E-state index in [0.29, 0.717) is 6.54 Å². The van der Waals surface area contributed by atoms with Crippen molar-refractivity contribution in [1.82, 2.24) is 9.80 Å². The van der Waals surface area contributed by atoms with Crippen molar-refractivity contribution in [2.24, 2.45) is 11.8 Å². The number of amides is 2. The van der Waals surface area contributed by atoms with Gasteiger partial charge >= 0.3 is 5.97 Å². The predicted molar refractivity (Wildman–Crippen MR) is 102 cm³/mol. The number of ether oxygens (including phenoxy) is 2. The highest BCUT2D eigenvalue weighted by molar-refractivity contribution is 5.99. The molecule has 2 fully saturated rings. The van der Waals surface area contributed by atoms with Crippen molar-refractivity contribution in [1.29, 1.82) is 0 Å². The molecule has 8 nitrogen and oxygen atoms in total. The van der Waals surface area contributed by atoms with E-state index >= 15 is 0 Å². The highest BCUT2D eigenvalue weighted by atomic mass is 16.6. The molecule has 4 rings (SSSR count). The number of nitrogens with zero attached hydrogens (tertiary/aromatic N) is 2. The zero-order chi connectivity index (χ0) is 21.1. The number of likely N-dealkylation sites (tertiary alicyclic amines) is 1. The Bertz CT molecular complexity index is 799. The Morgan fingerprint density at radius 1 is 1.24 bits per heavy atom. The van der Waals surface area contributed by atoms with Crippen LogP contribution in [0.2, 0.25) is 0 Å². The summed E-state index contributed by atoms with van der Waals surface area (Å²) in [6.45, 7) is 7.71. The van der Waals surface area contributed by atoms with Crippen molar-refractivity contribution in [2.75, 3.05) is 19.8 Å². The van der Waals surface area contributed by atoms with Crippen LogP contribution in [-0.2, 0) is 23.9 Å². The van der Waals surface area contributed by atoms with Gasteiger partial charge in [-0.2, -0.15) is 0 Å². The summed E-state index contributed by atoms with van der Waals surface area (Å²) in [5.41, 5.74) is -1.74. The van der Waals surface area contributed by atoms with E-state index in [1.54, 1.807) is 30.1 Å². The van der Waals surface area contributed by atoms with E-state index < -0.39 is 47.1 Å². The molecule has 2 saturated heterocycles. The first-order valence-corrected chi connectivity index (χ1v) is 10.1.